The zero-order valence-electron chi connectivity index (χ0n) is 11.4. The number of rotatable bonds is 1. The number of carbonyl (C=O) groups excluding carboxylic acids is 1. The minimum atomic E-state index is 0. The smallest absolute Gasteiger partial charge is 0.135 e. The summed E-state index contributed by atoms with van der Waals surface area (Å²) in [6, 6.07) is 0. The maximum atomic E-state index is 10.4. The van der Waals surface area contributed by atoms with E-state index < -0.39 is 0 Å². The molecule has 2 N–H and O–H groups in total. The molecule has 0 spiro atoms. The highest BCUT2D eigenvalue weighted by Crippen LogP contribution is 2.01. The molecule has 1 aliphatic rings. The zero-order valence-corrected chi connectivity index (χ0v) is 11.4. The van der Waals surface area contributed by atoms with Crippen LogP contribution in [0.25, 0.3) is 0 Å². The molecule has 0 unspecified atom stereocenters. The molecule has 0 aromatic heterocycles. The highest BCUT2D eigenvalue weighted by atomic mass is 19.0. The molecule has 16 heavy (non-hydrogen) atoms. The molecule has 104 valence electrons. The summed E-state index contributed by atoms with van der Waals surface area (Å²) in [6.45, 7) is 13.4. The van der Waals surface area contributed by atoms with Gasteiger partial charge in [0.15, 0.2) is 0 Å². The van der Waals surface area contributed by atoms with E-state index >= 15 is 0 Å². The Morgan fingerprint density at radius 2 is 1.44 bits per heavy atom. The number of halogens is 2. The summed E-state index contributed by atoms with van der Waals surface area (Å²) in [6.07, 6.45) is 0. The largest absolute Gasteiger partial charge is 0.397 e. The molecule has 0 aromatic carbocycles. The Hall–Kier alpha value is -0.550. The maximum absolute atomic E-state index is 10.4. The van der Waals surface area contributed by atoms with Crippen molar-refractivity contribution in [2.75, 3.05) is 19.7 Å². The van der Waals surface area contributed by atoms with Crippen LogP contribution >= 0.6 is 0 Å². The topological polar surface area (TPSA) is 49.3 Å². The monoisotopic (exact) mass is 245 g/mol. The predicted molar refractivity (Wildman–Crippen MR) is 67.5 cm³/mol. The standard InChI is InChI=1S/C5H9NO.C2H6O.2C2H6.2FH/c1-4(7)5-2-6-3-5;1-2-3;2*1-2;;/h5-6H,2-3H2,1H3;3H,2H2,1H3;2*1-2H3;2*1H. The van der Waals surface area contributed by atoms with Gasteiger partial charge in [0.1, 0.15) is 5.78 Å². The molecule has 0 atom stereocenters. The summed E-state index contributed by atoms with van der Waals surface area (Å²) < 4.78 is 0. The molecule has 0 aromatic rings. The van der Waals surface area contributed by atoms with Crippen molar-refractivity contribution in [1.82, 2.24) is 5.32 Å². The fraction of sp³-hybridized carbons (Fsp3) is 0.909. The fourth-order valence-corrected chi connectivity index (χ4v) is 0.576. The van der Waals surface area contributed by atoms with Crippen LogP contribution in [0.4, 0.5) is 9.41 Å². The van der Waals surface area contributed by atoms with E-state index in [0.29, 0.717) is 11.7 Å². The number of carbonyl (C=O) groups is 1. The second-order valence-corrected chi connectivity index (χ2v) is 2.28. The molecular formula is C11H29F2NO2. The fourth-order valence-electron chi connectivity index (χ4n) is 0.576. The van der Waals surface area contributed by atoms with Crippen LogP contribution in [0.3, 0.4) is 0 Å². The quantitative estimate of drug-likeness (QED) is 0.744. The first-order valence-corrected chi connectivity index (χ1v) is 5.54. The van der Waals surface area contributed by atoms with Gasteiger partial charge < -0.3 is 10.4 Å². The number of aliphatic hydroxyl groups excluding tert-OH is 1. The van der Waals surface area contributed by atoms with E-state index in [1.54, 1.807) is 13.8 Å². The van der Waals surface area contributed by atoms with Gasteiger partial charge in [-0.3, -0.25) is 14.2 Å². The van der Waals surface area contributed by atoms with Gasteiger partial charge in [-0.25, -0.2) is 0 Å². The SMILES string of the molecule is CC.CC.CC(=O)C1CNC1.CCO.F.F. The summed E-state index contributed by atoms with van der Waals surface area (Å²) >= 11 is 0. The van der Waals surface area contributed by atoms with Crippen molar-refractivity contribution in [2.24, 2.45) is 5.92 Å². The number of hydrogen-bond acceptors (Lipinski definition) is 3. The average molecular weight is 245 g/mol. The van der Waals surface area contributed by atoms with Gasteiger partial charge in [0.05, 0.1) is 0 Å². The van der Waals surface area contributed by atoms with Gasteiger partial charge in [0, 0.05) is 25.6 Å². The second-order valence-electron chi connectivity index (χ2n) is 2.28. The Labute approximate surface area is 98.4 Å². The van der Waals surface area contributed by atoms with Crippen LogP contribution in [-0.2, 0) is 4.79 Å². The van der Waals surface area contributed by atoms with E-state index in [4.69, 9.17) is 5.11 Å². The highest BCUT2D eigenvalue weighted by Gasteiger charge is 2.20. The molecule has 0 aliphatic carbocycles. The third-order valence-electron chi connectivity index (χ3n) is 1.36. The van der Waals surface area contributed by atoms with Gasteiger partial charge in [-0.15, -0.1) is 0 Å². The number of Topliss-reactive ketones (excluding diaryl/α,β-unsaturated/α-hetero) is 1. The van der Waals surface area contributed by atoms with Gasteiger partial charge >= 0.3 is 0 Å². The minimum absolute atomic E-state index is 0. The molecular weight excluding hydrogens is 216 g/mol. The van der Waals surface area contributed by atoms with Crippen molar-refractivity contribution in [1.29, 1.82) is 0 Å². The van der Waals surface area contributed by atoms with E-state index in [9.17, 15) is 4.79 Å². The summed E-state index contributed by atoms with van der Waals surface area (Å²) in [4.78, 5) is 10.4. The van der Waals surface area contributed by atoms with Crippen LogP contribution < -0.4 is 5.32 Å². The summed E-state index contributed by atoms with van der Waals surface area (Å²) in [5.41, 5.74) is 0. The van der Waals surface area contributed by atoms with E-state index in [-0.39, 0.29) is 16.0 Å². The zero-order chi connectivity index (χ0) is 12.0. The Morgan fingerprint density at radius 1 is 1.19 bits per heavy atom. The number of aliphatic hydroxyl groups is 1. The summed E-state index contributed by atoms with van der Waals surface area (Å²) in [5, 5.41) is 10.6. The summed E-state index contributed by atoms with van der Waals surface area (Å²) in [5.74, 6) is 0.652. The molecule has 0 amide bonds. The van der Waals surface area contributed by atoms with Crippen molar-refractivity contribution >= 4 is 5.78 Å². The minimum Gasteiger partial charge on any atom is -0.397 e. The van der Waals surface area contributed by atoms with Crippen LogP contribution in [0.2, 0.25) is 0 Å². The van der Waals surface area contributed by atoms with Crippen molar-refractivity contribution in [3.63, 3.8) is 0 Å². The Kier molecular flexibility index (Phi) is 54.0. The van der Waals surface area contributed by atoms with E-state index in [2.05, 4.69) is 5.32 Å². The first-order valence-electron chi connectivity index (χ1n) is 5.54. The van der Waals surface area contributed by atoms with Gasteiger partial charge in [-0.05, 0) is 13.8 Å². The Bertz CT molecular complexity index is 110. The van der Waals surface area contributed by atoms with Crippen molar-refractivity contribution in [2.45, 2.75) is 41.5 Å². The van der Waals surface area contributed by atoms with E-state index in [0.717, 1.165) is 13.1 Å². The third-order valence-corrected chi connectivity index (χ3v) is 1.36. The van der Waals surface area contributed by atoms with E-state index in [1.807, 2.05) is 27.7 Å². The predicted octanol–water partition coefficient (Wildman–Crippen LogP) is 2.15. The number of ketones is 1. The Morgan fingerprint density at radius 3 is 1.44 bits per heavy atom. The van der Waals surface area contributed by atoms with Crippen molar-refractivity contribution < 1.29 is 19.3 Å². The van der Waals surface area contributed by atoms with Gasteiger partial charge in [0.25, 0.3) is 0 Å². The lowest BCUT2D eigenvalue weighted by atomic mass is 10.00. The molecule has 1 fully saturated rings. The maximum Gasteiger partial charge on any atom is 0.135 e. The number of nitrogens with one attached hydrogen (secondary N) is 1. The lowest BCUT2D eigenvalue weighted by molar-refractivity contribution is -0.122. The summed E-state index contributed by atoms with van der Waals surface area (Å²) in [7, 11) is 0. The molecule has 5 heteroatoms. The molecule has 0 radical (unpaired) electrons. The van der Waals surface area contributed by atoms with E-state index in [1.165, 1.54) is 0 Å². The van der Waals surface area contributed by atoms with Crippen LogP contribution in [0.1, 0.15) is 41.5 Å². The van der Waals surface area contributed by atoms with Crippen LogP contribution in [0.5, 0.6) is 0 Å². The van der Waals surface area contributed by atoms with Crippen LogP contribution in [0, 0.1) is 5.92 Å². The second kappa shape index (κ2) is 29.3. The first-order chi connectivity index (χ1) is 6.72. The van der Waals surface area contributed by atoms with Crippen LogP contribution in [-0.4, -0.2) is 30.6 Å². The van der Waals surface area contributed by atoms with Gasteiger partial charge in [-0.1, -0.05) is 27.7 Å². The van der Waals surface area contributed by atoms with Crippen LogP contribution in [0.15, 0.2) is 0 Å². The lowest BCUT2D eigenvalue weighted by Gasteiger charge is -2.23. The average Bonchev–Trinajstić information content (AvgIpc) is 2.09. The molecule has 1 aliphatic heterocycles. The number of hydrogen-bond donors (Lipinski definition) is 2. The highest BCUT2D eigenvalue weighted by molar-refractivity contribution is 5.79. The first kappa shape index (κ1) is 29.5. The third kappa shape index (κ3) is 23.3. The normalized spacial score (nSPS) is 11.2. The van der Waals surface area contributed by atoms with Crippen molar-refractivity contribution in [3.05, 3.63) is 0 Å². The molecule has 1 saturated heterocycles. The molecule has 1 heterocycles. The molecule has 1 rings (SSSR count). The molecule has 0 saturated carbocycles. The Balaban J connectivity index is -0.0000000394. The molecule has 0 bridgehead atoms. The lowest BCUT2D eigenvalue weighted by Crippen LogP contribution is -2.45. The van der Waals surface area contributed by atoms with Crippen molar-refractivity contribution in [3.8, 4) is 0 Å². The van der Waals surface area contributed by atoms with Gasteiger partial charge in [0.2, 0.25) is 0 Å². The molecule has 3 nitrogen and oxygen atoms in total. The van der Waals surface area contributed by atoms with Gasteiger partial charge in [-0.2, -0.15) is 0 Å².